The Morgan fingerprint density at radius 1 is 1.00 bits per heavy atom. The molecule has 3 rings (SSSR count). The van der Waals surface area contributed by atoms with E-state index in [1.54, 1.807) is 42.5 Å². The zero-order valence-corrected chi connectivity index (χ0v) is 13.5. The second-order valence-electron chi connectivity index (χ2n) is 5.64. The minimum Gasteiger partial charge on any atom is -0.481 e. The minimum atomic E-state index is -1.01. The molecule has 0 fully saturated rings. The van der Waals surface area contributed by atoms with Crippen LogP contribution in [0, 0.1) is 0 Å². The van der Waals surface area contributed by atoms with Crippen LogP contribution in [0.4, 0.5) is 0 Å². The minimum absolute atomic E-state index is 0.178. The maximum Gasteiger partial charge on any atom is 0.335 e. The van der Waals surface area contributed by atoms with Crippen molar-refractivity contribution in [3.05, 3.63) is 81.2 Å². The van der Waals surface area contributed by atoms with Gasteiger partial charge >= 0.3 is 11.9 Å². The van der Waals surface area contributed by atoms with Gasteiger partial charge in [0.1, 0.15) is 11.3 Å². The summed E-state index contributed by atoms with van der Waals surface area (Å²) < 4.78 is 5.71. The second-order valence-corrected chi connectivity index (χ2v) is 5.64. The van der Waals surface area contributed by atoms with Gasteiger partial charge in [0.2, 0.25) is 0 Å². The van der Waals surface area contributed by atoms with Crippen LogP contribution in [0.3, 0.4) is 0 Å². The average Bonchev–Trinajstić information content (AvgIpc) is 2.60. The van der Waals surface area contributed by atoms with Crippen molar-refractivity contribution in [2.24, 2.45) is 0 Å². The number of carboxylic acids is 2. The van der Waals surface area contributed by atoms with Crippen molar-refractivity contribution in [1.82, 2.24) is 0 Å². The van der Waals surface area contributed by atoms with Crippen molar-refractivity contribution < 1.29 is 24.2 Å². The zero-order valence-electron chi connectivity index (χ0n) is 13.5. The second kappa shape index (κ2) is 7.06. The number of para-hydroxylation sites is 1. The van der Waals surface area contributed by atoms with Crippen molar-refractivity contribution in [3.63, 3.8) is 0 Å². The first kappa shape index (κ1) is 17.2. The Kier molecular flexibility index (Phi) is 4.66. The summed E-state index contributed by atoms with van der Waals surface area (Å²) in [6.45, 7) is 0. The van der Waals surface area contributed by atoms with Crippen molar-refractivity contribution in [2.75, 3.05) is 0 Å². The lowest BCUT2D eigenvalue weighted by Gasteiger charge is -2.04. The fourth-order valence-electron chi connectivity index (χ4n) is 2.55. The Hall–Kier alpha value is -3.67. The van der Waals surface area contributed by atoms with Gasteiger partial charge in [0.15, 0.2) is 5.43 Å². The van der Waals surface area contributed by atoms with E-state index in [0.29, 0.717) is 10.9 Å². The van der Waals surface area contributed by atoms with Crippen LogP contribution < -0.4 is 5.43 Å². The molecule has 2 N–H and O–H groups in total. The molecule has 0 aliphatic heterocycles. The van der Waals surface area contributed by atoms with Crippen molar-refractivity contribution in [3.8, 4) is 0 Å². The van der Waals surface area contributed by atoms with Gasteiger partial charge in [0.25, 0.3) is 0 Å². The summed E-state index contributed by atoms with van der Waals surface area (Å²) in [5.41, 5.74) is 1.32. The number of carbonyl (C=O) groups is 2. The van der Waals surface area contributed by atoms with Crippen LogP contribution >= 0.6 is 0 Å². The predicted octanol–water partition coefficient (Wildman–Crippen LogP) is 3.29. The molecule has 0 aliphatic rings. The van der Waals surface area contributed by atoms with E-state index < -0.39 is 11.9 Å². The van der Waals surface area contributed by atoms with Gasteiger partial charge in [-0.25, -0.2) is 4.79 Å². The van der Waals surface area contributed by atoms with E-state index in [-0.39, 0.29) is 28.8 Å². The summed E-state index contributed by atoms with van der Waals surface area (Å²) in [7, 11) is 0. The topological polar surface area (TPSA) is 105 Å². The summed E-state index contributed by atoms with van der Waals surface area (Å²) in [5.74, 6) is -1.74. The lowest BCUT2D eigenvalue weighted by Crippen LogP contribution is -2.05. The Labute approximate surface area is 147 Å². The lowest BCUT2D eigenvalue weighted by atomic mass is 10.1. The van der Waals surface area contributed by atoms with E-state index in [1.807, 2.05) is 0 Å². The molecule has 0 saturated heterocycles. The van der Waals surface area contributed by atoms with Gasteiger partial charge in [-0.3, -0.25) is 9.59 Å². The number of hydrogen-bond donors (Lipinski definition) is 2. The molecule has 1 aromatic heterocycles. The van der Waals surface area contributed by atoms with Crippen LogP contribution in [0.5, 0.6) is 0 Å². The fraction of sp³-hybridized carbons (Fsp3) is 0.0500. The number of rotatable bonds is 5. The van der Waals surface area contributed by atoms with Crippen LogP contribution in [0.1, 0.15) is 27.2 Å². The number of benzene rings is 2. The first-order chi connectivity index (χ1) is 12.4. The smallest absolute Gasteiger partial charge is 0.335 e. The molecule has 1 heterocycles. The van der Waals surface area contributed by atoms with Gasteiger partial charge in [-0.05, 0) is 29.8 Å². The van der Waals surface area contributed by atoms with Crippen molar-refractivity contribution in [2.45, 2.75) is 6.42 Å². The molecule has 2 aromatic carbocycles. The summed E-state index contributed by atoms with van der Waals surface area (Å²) >= 11 is 0. The number of aliphatic carboxylic acids is 1. The largest absolute Gasteiger partial charge is 0.481 e. The molecule has 0 amide bonds. The molecule has 0 atom stereocenters. The summed E-state index contributed by atoms with van der Waals surface area (Å²) in [5, 5.41) is 18.2. The highest BCUT2D eigenvalue weighted by Crippen LogP contribution is 2.19. The normalized spacial score (nSPS) is 11.1. The van der Waals surface area contributed by atoms with E-state index in [0.717, 1.165) is 5.56 Å². The Morgan fingerprint density at radius 3 is 2.38 bits per heavy atom. The summed E-state index contributed by atoms with van der Waals surface area (Å²) in [6.07, 6.45) is 3.01. The molecule has 6 heteroatoms. The highest BCUT2D eigenvalue weighted by molar-refractivity contribution is 5.88. The maximum absolute atomic E-state index is 12.3. The number of aromatic carboxylic acids is 1. The third-order valence-corrected chi connectivity index (χ3v) is 3.79. The van der Waals surface area contributed by atoms with E-state index in [9.17, 15) is 14.4 Å². The number of carboxylic acid groups (broad SMARTS) is 2. The average molecular weight is 350 g/mol. The highest BCUT2D eigenvalue weighted by atomic mass is 16.4. The molecule has 0 bridgehead atoms. The third-order valence-electron chi connectivity index (χ3n) is 3.79. The Bertz CT molecular complexity index is 1070. The molecule has 26 heavy (non-hydrogen) atoms. The van der Waals surface area contributed by atoms with E-state index in [1.165, 1.54) is 18.2 Å². The van der Waals surface area contributed by atoms with Crippen LogP contribution in [-0.2, 0) is 11.2 Å². The Morgan fingerprint density at radius 2 is 1.73 bits per heavy atom. The number of hydrogen-bond acceptors (Lipinski definition) is 4. The summed E-state index contributed by atoms with van der Waals surface area (Å²) in [4.78, 5) is 34.1. The van der Waals surface area contributed by atoms with Crippen LogP contribution in [-0.4, -0.2) is 22.2 Å². The predicted molar refractivity (Wildman–Crippen MR) is 96.2 cm³/mol. The molecule has 3 aromatic rings. The number of fused-ring (bicyclic) bond motifs is 1. The van der Waals surface area contributed by atoms with Gasteiger partial charge in [0, 0.05) is 11.6 Å². The molecule has 0 spiro atoms. The van der Waals surface area contributed by atoms with Gasteiger partial charge in [-0.15, -0.1) is 0 Å². The van der Waals surface area contributed by atoms with Gasteiger partial charge in [0.05, 0.1) is 17.4 Å². The lowest BCUT2D eigenvalue weighted by molar-refractivity contribution is -0.136. The van der Waals surface area contributed by atoms with E-state index in [4.69, 9.17) is 14.6 Å². The maximum atomic E-state index is 12.3. The fourth-order valence-corrected chi connectivity index (χ4v) is 2.55. The standard InChI is InChI=1S/C20H14O6/c21-17-11-15(9-6-12-4-7-13(8-5-12)20(24)25)26-19-14(10-18(22)23)2-1-3-16(17)19/h1-9,11H,10H2,(H,22,23)(H,24,25)/b9-6+. The Balaban J connectivity index is 1.98. The molecule has 0 aliphatic carbocycles. The van der Waals surface area contributed by atoms with Crippen LogP contribution in [0.2, 0.25) is 0 Å². The monoisotopic (exact) mass is 350 g/mol. The summed E-state index contributed by atoms with van der Waals surface area (Å²) in [6, 6.07) is 12.4. The van der Waals surface area contributed by atoms with E-state index >= 15 is 0 Å². The first-order valence-electron chi connectivity index (χ1n) is 7.73. The van der Waals surface area contributed by atoms with E-state index in [2.05, 4.69) is 0 Å². The molecule has 0 saturated carbocycles. The quantitative estimate of drug-likeness (QED) is 0.731. The van der Waals surface area contributed by atoms with Crippen LogP contribution in [0.15, 0.2) is 57.7 Å². The first-order valence-corrected chi connectivity index (χ1v) is 7.73. The van der Waals surface area contributed by atoms with Gasteiger partial charge in [-0.1, -0.05) is 30.3 Å². The molecule has 0 radical (unpaired) electrons. The van der Waals surface area contributed by atoms with Crippen molar-refractivity contribution >= 4 is 35.1 Å². The van der Waals surface area contributed by atoms with Gasteiger partial charge < -0.3 is 14.6 Å². The molecule has 0 unspecified atom stereocenters. The van der Waals surface area contributed by atoms with Crippen LogP contribution in [0.25, 0.3) is 23.1 Å². The van der Waals surface area contributed by atoms with Gasteiger partial charge in [-0.2, -0.15) is 0 Å². The van der Waals surface area contributed by atoms with Crippen molar-refractivity contribution in [1.29, 1.82) is 0 Å². The zero-order chi connectivity index (χ0) is 18.7. The third kappa shape index (κ3) is 3.70. The SMILES string of the molecule is O=C(O)Cc1cccc2c(=O)cc(/C=C/c3ccc(C(=O)O)cc3)oc12. The molecule has 130 valence electrons. The molecule has 6 nitrogen and oxygen atoms in total. The molecular weight excluding hydrogens is 336 g/mol. The highest BCUT2D eigenvalue weighted by Gasteiger charge is 2.10. The molecular formula is C20H14O6.